The summed E-state index contributed by atoms with van der Waals surface area (Å²) in [6, 6.07) is 7.28. The van der Waals surface area contributed by atoms with Gasteiger partial charge in [0.1, 0.15) is 35.3 Å². The fourth-order valence-corrected chi connectivity index (χ4v) is 4.43. The van der Waals surface area contributed by atoms with Crippen molar-refractivity contribution < 1.29 is 20.1 Å². The summed E-state index contributed by atoms with van der Waals surface area (Å²) in [7, 11) is 0. The molecule has 0 amide bonds. The first kappa shape index (κ1) is 16.1. The normalized spacial score (nSPS) is 32.3. The summed E-state index contributed by atoms with van der Waals surface area (Å²) in [6.45, 7) is -0.295. The molecule has 0 radical (unpaired) electrons. The molecule has 3 aromatic rings. The van der Waals surface area contributed by atoms with E-state index in [1.165, 1.54) is 6.33 Å². The van der Waals surface area contributed by atoms with E-state index in [2.05, 4.69) is 15.0 Å². The highest BCUT2D eigenvalue weighted by Crippen LogP contribution is 2.58. The topological polar surface area (TPSA) is 114 Å². The third kappa shape index (κ3) is 1.75. The molecule has 1 saturated heterocycles. The van der Waals surface area contributed by atoms with Gasteiger partial charge in [-0.1, -0.05) is 35.9 Å². The largest absolute Gasteiger partial charge is 0.393 e. The summed E-state index contributed by atoms with van der Waals surface area (Å²) < 4.78 is 7.87. The van der Waals surface area contributed by atoms with Crippen LogP contribution < -0.4 is 0 Å². The van der Waals surface area contributed by atoms with Gasteiger partial charge in [0, 0.05) is 0 Å². The first-order valence-electron chi connectivity index (χ1n) is 8.12. The molecule has 134 valence electrons. The second-order valence-electron chi connectivity index (χ2n) is 6.68. The van der Waals surface area contributed by atoms with Crippen molar-refractivity contribution in [3.63, 3.8) is 0 Å². The van der Waals surface area contributed by atoms with Crippen LogP contribution in [0.5, 0.6) is 0 Å². The zero-order valence-electron chi connectivity index (χ0n) is 13.4. The van der Waals surface area contributed by atoms with E-state index in [0.717, 1.165) is 5.56 Å². The average Bonchev–Trinajstić information content (AvgIpc) is 3.26. The molecule has 0 aliphatic carbocycles. The van der Waals surface area contributed by atoms with E-state index >= 15 is 0 Å². The van der Waals surface area contributed by atoms with Gasteiger partial charge in [-0.2, -0.15) is 0 Å². The van der Waals surface area contributed by atoms with E-state index < -0.39 is 30.0 Å². The minimum Gasteiger partial charge on any atom is -0.393 e. The molecule has 9 heteroatoms. The van der Waals surface area contributed by atoms with Crippen LogP contribution in [-0.4, -0.2) is 53.7 Å². The van der Waals surface area contributed by atoms with Crippen molar-refractivity contribution in [3.8, 4) is 0 Å². The van der Waals surface area contributed by atoms with Crippen LogP contribution in [0.4, 0.5) is 0 Å². The summed E-state index contributed by atoms with van der Waals surface area (Å²) >= 11 is 6.06. The Morgan fingerprint density at radius 3 is 2.50 bits per heavy atom. The maximum Gasteiger partial charge on any atom is 0.164 e. The van der Waals surface area contributed by atoms with Crippen molar-refractivity contribution in [1.82, 2.24) is 19.5 Å². The molecular formula is C17H15ClN4O4. The molecule has 4 heterocycles. The highest BCUT2D eigenvalue weighted by molar-refractivity contribution is 6.33. The molecule has 26 heavy (non-hydrogen) atoms. The number of hydrogen-bond donors (Lipinski definition) is 3. The zero-order valence-corrected chi connectivity index (χ0v) is 14.2. The molecule has 1 fully saturated rings. The van der Waals surface area contributed by atoms with Gasteiger partial charge in [0.2, 0.25) is 0 Å². The number of aliphatic hydroxyl groups is 3. The molecule has 2 bridgehead atoms. The molecular weight excluding hydrogens is 360 g/mol. The molecule has 8 nitrogen and oxygen atoms in total. The number of fused-ring (bicyclic) bond motifs is 6. The highest BCUT2D eigenvalue weighted by Gasteiger charge is 2.69. The van der Waals surface area contributed by atoms with Gasteiger partial charge in [-0.3, -0.25) is 0 Å². The van der Waals surface area contributed by atoms with E-state index in [-0.39, 0.29) is 11.7 Å². The first-order chi connectivity index (χ1) is 12.5. The Labute approximate surface area is 152 Å². The second-order valence-corrected chi connectivity index (χ2v) is 7.04. The fraction of sp³-hybridized carbons (Fsp3) is 0.353. The van der Waals surface area contributed by atoms with Crippen molar-refractivity contribution in [1.29, 1.82) is 0 Å². The van der Waals surface area contributed by atoms with Gasteiger partial charge in [0.25, 0.3) is 0 Å². The molecule has 1 aromatic carbocycles. The van der Waals surface area contributed by atoms with Gasteiger partial charge in [0.05, 0.1) is 19.5 Å². The van der Waals surface area contributed by atoms with Crippen molar-refractivity contribution in [3.05, 3.63) is 53.2 Å². The van der Waals surface area contributed by atoms with E-state index in [1.54, 1.807) is 17.0 Å². The zero-order chi connectivity index (χ0) is 18.1. The molecule has 3 N–H and O–H groups in total. The Bertz CT molecular complexity index is 1030. The molecule has 2 aromatic heterocycles. The quantitative estimate of drug-likeness (QED) is 0.566. The number of halogens is 1. The third-order valence-corrected chi connectivity index (χ3v) is 5.73. The van der Waals surface area contributed by atoms with Crippen molar-refractivity contribution in [2.24, 2.45) is 0 Å². The van der Waals surface area contributed by atoms with Crippen LogP contribution in [0.3, 0.4) is 0 Å². The monoisotopic (exact) mass is 374 g/mol. The van der Waals surface area contributed by atoms with Gasteiger partial charge in [-0.05, 0) is 11.1 Å². The lowest BCUT2D eigenvalue weighted by Gasteiger charge is -2.34. The molecule has 4 atom stereocenters. The maximum absolute atomic E-state index is 10.8. The molecule has 5 rings (SSSR count). The number of imidazole rings is 1. The minimum absolute atomic E-state index is 0.147. The second kappa shape index (κ2) is 5.21. The Kier molecular flexibility index (Phi) is 3.23. The number of aliphatic hydroxyl groups excluding tert-OH is 3. The SMILES string of the molecule is OC[C@@]12O[C@@](Cn3cnc4c(Cl)ncnc43)(c3ccccc31)[C@H](O)[C@@H]2O. The predicted molar refractivity (Wildman–Crippen MR) is 90.3 cm³/mol. The lowest BCUT2D eigenvalue weighted by Crippen LogP contribution is -2.49. The summed E-state index contributed by atoms with van der Waals surface area (Å²) in [4.78, 5) is 12.4. The lowest BCUT2D eigenvalue weighted by atomic mass is 9.73. The van der Waals surface area contributed by atoms with Gasteiger partial charge in [-0.25, -0.2) is 15.0 Å². The Balaban J connectivity index is 1.69. The van der Waals surface area contributed by atoms with Gasteiger partial charge in [-0.15, -0.1) is 0 Å². The first-order valence-corrected chi connectivity index (χ1v) is 8.50. The van der Waals surface area contributed by atoms with Crippen molar-refractivity contribution in [2.45, 2.75) is 30.0 Å². The third-order valence-electron chi connectivity index (χ3n) is 5.45. The average molecular weight is 375 g/mol. The molecule has 2 aliphatic heterocycles. The number of rotatable bonds is 3. The Hall–Kier alpha value is -2.10. The summed E-state index contributed by atoms with van der Waals surface area (Å²) in [6.07, 6.45) is 0.402. The van der Waals surface area contributed by atoms with Crippen LogP contribution in [0.15, 0.2) is 36.9 Å². The standard InChI is InChI=1S/C17H15ClN4O4/c18-14-11-15(20-7-19-14)22(8-21-11)5-16-9-3-1-2-4-10(9)17(6-23,26-16)13(25)12(16)24/h1-4,7-8,12-13,23-25H,5-6H2/t12-,13+,16+,17-/m1/s1. The molecule has 0 saturated carbocycles. The molecule has 0 unspecified atom stereocenters. The van der Waals surface area contributed by atoms with Crippen LogP contribution in [0.2, 0.25) is 5.15 Å². The molecule has 2 aliphatic rings. The highest BCUT2D eigenvalue weighted by atomic mass is 35.5. The van der Waals surface area contributed by atoms with E-state index in [0.29, 0.717) is 16.7 Å². The number of ether oxygens (including phenoxy) is 1. The van der Waals surface area contributed by atoms with Gasteiger partial charge in [0.15, 0.2) is 10.8 Å². The van der Waals surface area contributed by atoms with Crippen LogP contribution in [0, 0.1) is 0 Å². The van der Waals surface area contributed by atoms with Crippen LogP contribution >= 0.6 is 11.6 Å². The van der Waals surface area contributed by atoms with E-state index in [9.17, 15) is 15.3 Å². The smallest absolute Gasteiger partial charge is 0.164 e. The van der Waals surface area contributed by atoms with Crippen LogP contribution in [0.25, 0.3) is 11.2 Å². The van der Waals surface area contributed by atoms with Crippen molar-refractivity contribution >= 4 is 22.8 Å². The van der Waals surface area contributed by atoms with Crippen LogP contribution in [0.1, 0.15) is 11.1 Å². The fourth-order valence-electron chi connectivity index (χ4n) is 4.25. The summed E-state index contributed by atoms with van der Waals surface area (Å²) in [5.74, 6) is 0. The Morgan fingerprint density at radius 2 is 1.77 bits per heavy atom. The lowest BCUT2D eigenvalue weighted by molar-refractivity contribution is -0.143. The molecule has 0 spiro atoms. The summed E-state index contributed by atoms with van der Waals surface area (Å²) in [5.41, 5.74) is -0.233. The number of nitrogens with zero attached hydrogens (tertiary/aromatic N) is 4. The minimum atomic E-state index is -1.35. The summed E-state index contributed by atoms with van der Waals surface area (Å²) in [5, 5.41) is 31.7. The number of hydrogen-bond acceptors (Lipinski definition) is 7. The van der Waals surface area contributed by atoms with E-state index in [4.69, 9.17) is 16.3 Å². The predicted octanol–water partition coefficient (Wildman–Crippen LogP) is 0.328. The number of aromatic nitrogens is 4. The number of benzene rings is 1. The van der Waals surface area contributed by atoms with Gasteiger partial charge >= 0.3 is 0 Å². The van der Waals surface area contributed by atoms with Crippen molar-refractivity contribution in [2.75, 3.05) is 6.61 Å². The maximum atomic E-state index is 10.8. The van der Waals surface area contributed by atoms with Gasteiger partial charge < -0.3 is 24.6 Å². The van der Waals surface area contributed by atoms with E-state index in [1.807, 2.05) is 18.2 Å². The van der Waals surface area contributed by atoms with Crippen LogP contribution in [-0.2, 0) is 22.5 Å². The Morgan fingerprint density at radius 1 is 1.08 bits per heavy atom.